The third-order valence-electron chi connectivity index (χ3n) is 3.63. The Labute approximate surface area is 144 Å². The fraction of sp³-hybridized carbons (Fsp3) is 0.556. The molecule has 1 rings (SSSR count). The van der Waals surface area contributed by atoms with Gasteiger partial charge in [0.2, 0.25) is 0 Å². The normalized spacial score (nSPS) is 12.8. The largest absolute Gasteiger partial charge is 0.453 e. The van der Waals surface area contributed by atoms with Gasteiger partial charge in [0, 0.05) is 11.7 Å². The van der Waals surface area contributed by atoms with E-state index >= 15 is 0 Å². The van der Waals surface area contributed by atoms with Gasteiger partial charge in [-0.1, -0.05) is 38.8 Å². The summed E-state index contributed by atoms with van der Waals surface area (Å²) in [5.41, 5.74) is 7.63. The van der Waals surface area contributed by atoms with E-state index < -0.39 is 6.09 Å². The average Bonchev–Trinajstić information content (AvgIpc) is 2.53. The molecule has 0 heterocycles. The fourth-order valence-electron chi connectivity index (χ4n) is 2.24. The minimum atomic E-state index is -0.485. The summed E-state index contributed by atoms with van der Waals surface area (Å²) < 4.78 is 4.54. The van der Waals surface area contributed by atoms with Crippen LogP contribution in [0.3, 0.4) is 0 Å². The van der Waals surface area contributed by atoms with Gasteiger partial charge in [-0.05, 0) is 37.0 Å². The molecule has 0 fully saturated rings. The van der Waals surface area contributed by atoms with E-state index in [9.17, 15) is 4.79 Å². The van der Waals surface area contributed by atoms with E-state index in [4.69, 9.17) is 5.73 Å². The van der Waals surface area contributed by atoms with Crippen molar-refractivity contribution in [3.63, 3.8) is 0 Å². The first-order valence-corrected chi connectivity index (χ1v) is 8.41. The highest BCUT2D eigenvalue weighted by Gasteiger charge is 2.04. The molecule has 6 nitrogen and oxygen atoms in total. The third kappa shape index (κ3) is 8.41. The molecule has 1 unspecified atom stereocenters. The molecular weight excluding hydrogens is 304 g/mol. The second-order valence-electron chi connectivity index (χ2n) is 6.39. The van der Waals surface area contributed by atoms with E-state index in [-0.39, 0.29) is 0 Å². The number of carbonyl (C=O) groups is 1. The van der Waals surface area contributed by atoms with Gasteiger partial charge in [0.05, 0.1) is 13.7 Å². The Bertz CT molecular complexity index is 526. The number of amides is 1. The number of anilines is 1. The number of nitrogens with zero attached hydrogens (tertiary/aromatic N) is 1. The number of rotatable bonds is 8. The molecule has 134 valence electrons. The molecule has 6 heteroatoms. The first kappa shape index (κ1) is 19.8. The van der Waals surface area contributed by atoms with Crippen LogP contribution in [0.25, 0.3) is 0 Å². The Morgan fingerprint density at radius 1 is 1.21 bits per heavy atom. The number of nitrogens with two attached hydrogens (primary N) is 1. The summed E-state index contributed by atoms with van der Waals surface area (Å²) in [5.74, 6) is 1.20. The van der Waals surface area contributed by atoms with E-state index in [0.717, 1.165) is 17.9 Å². The third-order valence-corrected chi connectivity index (χ3v) is 3.63. The fourth-order valence-corrected chi connectivity index (χ4v) is 2.24. The van der Waals surface area contributed by atoms with Crippen molar-refractivity contribution in [3.8, 4) is 0 Å². The van der Waals surface area contributed by atoms with E-state index in [0.29, 0.717) is 24.2 Å². The Morgan fingerprint density at radius 3 is 2.46 bits per heavy atom. The minimum absolute atomic E-state index is 0.319. The van der Waals surface area contributed by atoms with Crippen molar-refractivity contribution < 1.29 is 9.53 Å². The highest BCUT2D eigenvalue weighted by atomic mass is 16.5. The Balaban J connectivity index is 2.40. The van der Waals surface area contributed by atoms with Gasteiger partial charge in [0.1, 0.15) is 0 Å². The number of ether oxygens (including phenoxy) is 1. The molecule has 1 amide bonds. The first-order valence-electron chi connectivity index (χ1n) is 8.41. The lowest BCUT2D eigenvalue weighted by molar-refractivity contribution is 0.187. The molecule has 0 saturated heterocycles. The summed E-state index contributed by atoms with van der Waals surface area (Å²) >= 11 is 0. The molecule has 1 atom stereocenters. The van der Waals surface area contributed by atoms with Crippen molar-refractivity contribution in [2.45, 2.75) is 52.6 Å². The van der Waals surface area contributed by atoms with Gasteiger partial charge in [0.15, 0.2) is 5.96 Å². The minimum Gasteiger partial charge on any atom is -0.453 e. The van der Waals surface area contributed by atoms with Crippen LogP contribution < -0.4 is 16.4 Å². The number of hydrogen-bond acceptors (Lipinski definition) is 3. The lowest BCUT2D eigenvalue weighted by Crippen LogP contribution is -2.38. The van der Waals surface area contributed by atoms with Crippen LogP contribution in [0.4, 0.5) is 10.5 Å². The van der Waals surface area contributed by atoms with Gasteiger partial charge >= 0.3 is 6.09 Å². The van der Waals surface area contributed by atoms with Gasteiger partial charge in [-0.15, -0.1) is 0 Å². The zero-order valence-electron chi connectivity index (χ0n) is 15.1. The number of guanidine groups is 1. The highest BCUT2D eigenvalue weighted by Crippen LogP contribution is 2.11. The van der Waals surface area contributed by atoms with Gasteiger partial charge in [-0.25, -0.2) is 9.79 Å². The average molecular weight is 334 g/mol. The van der Waals surface area contributed by atoms with Gasteiger partial charge in [0.25, 0.3) is 0 Å². The quantitative estimate of drug-likeness (QED) is 0.501. The number of aliphatic imine (C=N–C) groups is 1. The molecule has 0 spiro atoms. The second kappa shape index (κ2) is 10.5. The Kier molecular flexibility index (Phi) is 8.68. The number of methoxy groups -OCH3 is 1. The van der Waals surface area contributed by atoms with E-state index in [1.165, 1.54) is 20.0 Å². The maximum Gasteiger partial charge on any atom is 0.411 e. The predicted molar refractivity (Wildman–Crippen MR) is 99.1 cm³/mol. The van der Waals surface area contributed by atoms with Crippen molar-refractivity contribution in [2.24, 2.45) is 16.6 Å². The highest BCUT2D eigenvalue weighted by molar-refractivity contribution is 5.84. The van der Waals surface area contributed by atoms with Crippen LogP contribution in [-0.2, 0) is 11.3 Å². The van der Waals surface area contributed by atoms with Crippen LogP contribution >= 0.6 is 0 Å². The maximum absolute atomic E-state index is 11.1. The van der Waals surface area contributed by atoms with Crippen LogP contribution in [0.5, 0.6) is 0 Å². The van der Waals surface area contributed by atoms with Crippen molar-refractivity contribution in [1.29, 1.82) is 0 Å². The molecule has 1 aromatic rings. The SMILES string of the molecule is COC(=O)Nc1ccc(CN=C(N)NC(C)CCCC(C)C)cc1. The molecule has 1 aromatic carbocycles. The number of hydrogen-bond donors (Lipinski definition) is 3. The van der Waals surface area contributed by atoms with Crippen molar-refractivity contribution in [3.05, 3.63) is 29.8 Å². The first-order chi connectivity index (χ1) is 11.4. The van der Waals surface area contributed by atoms with Crippen LogP contribution in [0.1, 0.15) is 45.6 Å². The van der Waals surface area contributed by atoms with E-state index in [1.54, 1.807) is 12.1 Å². The van der Waals surface area contributed by atoms with Crippen molar-refractivity contribution in [1.82, 2.24) is 5.32 Å². The van der Waals surface area contributed by atoms with Crippen molar-refractivity contribution >= 4 is 17.7 Å². The lowest BCUT2D eigenvalue weighted by Gasteiger charge is -2.15. The molecule has 0 bridgehead atoms. The summed E-state index contributed by atoms with van der Waals surface area (Å²) in [6, 6.07) is 7.72. The lowest BCUT2D eigenvalue weighted by atomic mass is 10.0. The number of carbonyl (C=O) groups excluding carboxylic acids is 1. The van der Waals surface area contributed by atoms with E-state index in [2.05, 4.69) is 41.1 Å². The Morgan fingerprint density at radius 2 is 1.88 bits per heavy atom. The summed E-state index contributed by atoms with van der Waals surface area (Å²) in [4.78, 5) is 15.5. The van der Waals surface area contributed by atoms with Crippen molar-refractivity contribution in [2.75, 3.05) is 12.4 Å². The van der Waals surface area contributed by atoms with Gasteiger partial charge in [-0.3, -0.25) is 5.32 Å². The number of benzene rings is 1. The topological polar surface area (TPSA) is 88.7 Å². The van der Waals surface area contributed by atoms with Crippen LogP contribution in [-0.4, -0.2) is 25.2 Å². The molecule has 24 heavy (non-hydrogen) atoms. The van der Waals surface area contributed by atoms with E-state index in [1.807, 2.05) is 12.1 Å². The molecule has 0 aliphatic rings. The molecule has 0 radical (unpaired) electrons. The standard InChI is InChI=1S/C18H30N4O2/c1-13(2)6-5-7-14(3)21-17(19)20-12-15-8-10-16(11-9-15)22-18(23)24-4/h8-11,13-14H,5-7,12H2,1-4H3,(H,22,23)(H3,19,20,21). The summed E-state index contributed by atoms with van der Waals surface area (Å²) in [5, 5.41) is 5.83. The molecule has 0 saturated carbocycles. The summed E-state index contributed by atoms with van der Waals surface area (Å²) in [6.07, 6.45) is 3.02. The summed E-state index contributed by atoms with van der Waals surface area (Å²) in [7, 11) is 1.33. The predicted octanol–water partition coefficient (Wildman–Crippen LogP) is 3.48. The molecular formula is C18H30N4O2. The molecule has 0 aliphatic heterocycles. The van der Waals surface area contributed by atoms with Gasteiger partial charge in [-0.2, -0.15) is 0 Å². The zero-order valence-corrected chi connectivity index (χ0v) is 15.1. The molecule has 0 aliphatic carbocycles. The Hall–Kier alpha value is -2.24. The number of nitrogens with one attached hydrogen (secondary N) is 2. The second-order valence-corrected chi connectivity index (χ2v) is 6.39. The van der Waals surface area contributed by atoms with Gasteiger partial charge < -0.3 is 15.8 Å². The molecule has 4 N–H and O–H groups in total. The smallest absolute Gasteiger partial charge is 0.411 e. The maximum atomic E-state index is 11.1. The summed E-state index contributed by atoms with van der Waals surface area (Å²) in [6.45, 7) is 7.09. The zero-order chi connectivity index (χ0) is 17.9. The van der Waals surface area contributed by atoms with Crippen LogP contribution in [0, 0.1) is 5.92 Å². The van der Waals surface area contributed by atoms with Crippen LogP contribution in [0.2, 0.25) is 0 Å². The monoisotopic (exact) mass is 334 g/mol. The molecule has 0 aromatic heterocycles. The van der Waals surface area contributed by atoms with Crippen LogP contribution in [0.15, 0.2) is 29.3 Å².